The number of nitrogens with zero attached hydrogens (tertiary/aromatic N) is 4. The lowest BCUT2D eigenvalue weighted by molar-refractivity contribution is 1.38. The number of aromatic nitrogens is 6. The van der Waals surface area contributed by atoms with Gasteiger partial charge in [0.2, 0.25) is 0 Å². The third-order valence-corrected chi connectivity index (χ3v) is 7.97. The highest BCUT2D eigenvalue weighted by Crippen LogP contribution is 2.29. The molecule has 0 aliphatic rings. The van der Waals surface area contributed by atoms with Gasteiger partial charge in [0.1, 0.15) is 11.0 Å². The van der Waals surface area contributed by atoms with Crippen LogP contribution < -0.4 is 0 Å². The summed E-state index contributed by atoms with van der Waals surface area (Å²) in [6.45, 7) is 0. The van der Waals surface area contributed by atoms with Crippen molar-refractivity contribution in [1.82, 2.24) is 29.9 Å². The minimum atomic E-state index is 0.702. The Morgan fingerprint density at radius 1 is 0.357 bits per heavy atom. The van der Waals surface area contributed by atoms with Gasteiger partial charge in [0.15, 0.2) is 11.3 Å². The van der Waals surface area contributed by atoms with E-state index in [2.05, 4.69) is 70.6 Å². The van der Waals surface area contributed by atoms with E-state index in [1.54, 1.807) is 0 Å². The molecular formula is C36H22N6. The van der Waals surface area contributed by atoms with Crippen LogP contribution in [0.5, 0.6) is 0 Å². The minimum Gasteiger partial charge on any atom is -0.338 e. The normalized spacial score (nSPS) is 11.8. The fraction of sp³-hybridized carbons (Fsp3) is 0. The van der Waals surface area contributed by atoms with Crippen molar-refractivity contribution in [2.75, 3.05) is 0 Å². The first kappa shape index (κ1) is 22.9. The first-order valence-corrected chi connectivity index (χ1v) is 13.9. The molecule has 6 aromatic carbocycles. The summed E-state index contributed by atoms with van der Waals surface area (Å²) in [7, 11) is 0. The second-order valence-corrected chi connectivity index (χ2v) is 10.5. The summed E-state index contributed by atoms with van der Waals surface area (Å²) in [5.41, 5.74) is 8.27. The Morgan fingerprint density at radius 3 is 1.17 bits per heavy atom. The van der Waals surface area contributed by atoms with Gasteiger partial charge in [-0.3, -0.25) is 0 Å². The molecule has 0 fully saturated rings. The maximum atomic E-state index is 5.31. The van der Waals surface area contributed by atoms with E-state index in [4.69, 9.17) is 19.9 Å². The highest BCUT2D eigenvalue weighted by Gasteiger charge is 2.10. The van der Waals surface area contributed by atoms with Crippen LogP contribution in [0.15, 0.2) is 121 Å². The summed E-state index contributed by atoms with van der Waals surface area (Å²) in [5, 5.41) is 6.10. The summed E-state index contributed by atoms with van der Waals surface area (Å²) >= 11 is 0. The van der Waals surface area contributed by atoms with Crippen LogP contribution >= 0.6 is 0 Å². The molecule has 0 saturated carbocycles. The van der Waals surface area contributed by atoms with Gasteiger partial charge in [-0.25, -0.2) is 19.9 Å². The maximum absolute atomic E-state index is 5.31. The van der Waals surface area contributed by atoms with Crippen molar-refractivity contribution in [2.24, 2.45) is 0 Å². The van der Waals surface area contributed by atoms with Gasteiger partial charge < -0.3 is 9.97 Å². The summed E-state index contributed by atoms with van der Waals surface area (Å²) in [4.78, 5) is 28.1. The van der Waals surface area contributed by atoms with Crippen molar-refractivity contribution >= 4 is 87.7 Å². The fourth-order valence-corrected chi connectivity index (χ4v) is 6.07. The van der Waals surface area contributed by atoms with Crippen molar-refractivity contribution in [3.63, 3.8) is 0 Å². The quantitative estimate of drug-likeness (QED) is 0.202. The van der Waals surface area contributed by atoms with Gasteiger partial charge in [0, 0.05) is 32.6 Å². The first-order valence-electron chi connectivity index (χ1n) is 13.9. The number of nitrogens with one attached hydrogen (secondary N) is 2. The number of para-hydroxylation sites is 2. The van der Waals surface area contributed by atoms with Gasteiger partial charge >= 0.3 is 0 Å². The zero-order valence-corrected chi connectivity index (χ0v) is 22.3. The van der Waals surface area contributed by atoms with E-state index in [1.165, 1.54) is 0 Å². The van der Waals surface area contributed by atoms with E-state index in [-0.39, 0.29) is 0 Å². The third kappa shape index (κ3) is 3.45. The highest BCUT2D eigenvalue weighted by molar-refractivity contribution is 6.12. The van der Waals surface area contributed by atoms with E-state index in [9.17, 15) is 0 Å². The summed E-state index contributed by atoms with van der Waals surface area (Å²) < 4.78 is 0. The number of fused-ring (bicyclic) bond motifs is 6. The predicted octanol–water partition coefficient (Wildman–Crippen LogP) is 8.83. The van der Waals surface area contributed by atoms with Crippen molar-refractivity contribution in [1.29, 1.82) is 0 Å². The minimum absolute atomic E-state index is 0.702. The molecule has 9 aromatic rings. The van der Waals surface area contributed by atoms with Gasteiger partial charge in [0.05, 0.1) is 22.1 Å². The first-order chi connectivity index (χ1) is 20.8. The zero-order valence-electron chi connectivity index (χ0n) is 22.3. The van der Waals surface area contributed by atoms with E-state index < -0.39 is 0 Å². The number of aromatic amines is 2. The molecule has 0 unspecified atom stereocenters. The smallest absolute Gasteiger partial charge is 0.157 e. The summed E-state index contributed by atoms with van der Waals surface area (Å²) in [6, 6.07) is 41.2. The van der Waals surface area contributed by atoms with Crippen molar-refractivity contribution in [3.05, 3.63) is 121 Å². The molecule has 0 radical (unpaired) electrons. The van der Waals surface area contributed by atoms with Gasteiger partial charge in [-0.05, 0) is 47.2 Å². The van der Waals surface area contributed by atoms with Gasteiger partial charge in [-0.1, -0.05) is 84.9 Å². The Hall–Kier alpha value is -5.88. The Balaban J connectivity index is 1.64. The van der Waals surface area contributed by atoms with E-state index in [0.717, 1.165) is 76.5 Å². The molecule has 2 N–H and O–H groups in total. The van der Waals surface area contributed by atoms with Crippen LogP contribution in [-0.2, 0) is 0 Å². The average molecular weight is 539 g/mol. The number of rotatable bonds is 0. The lowest BCUT2D eigenvalue weighted by atomic mass is 10.1. The number of hydrogen-bond donors (Lipinski definition) is 2. The molecule has 0 spiro atoms. The van der Waals surface area contributed by atoms with Crippen LogP contribution in [0.3, 0.4) is 0 Å². The van der Waals surface area contributed by atoms with Crippen LogP contribution in [0, 0.1) is 0 Å². The summed E-state index contributed by atoms with van der Waals surface area (Å²) in [5.74, 6) is 0. The standard InChI is InChI=1S/C36H22N6/c1-3-15-25-23(13-1)33-35(39-25)41-29-19-7-11-22-12-8-20-30(32(22)29)42-36-34(24-14-2-4-16-26(24)40-36)38-28-18-6-10-21-9-5-17-27(37-33)31(21)28/h1-20H,(H,39,41)(H,40,42). The highest BCUT2D eigenvalue weighted by atomic mass is 14.9. The molecule has 42 heavy (non-hydrogen) atoms. The predicted molar refractivity (Wildman–Crippen MR) is 173 cm³/mol. The number of hydrogen-bond acceptors (Lipinski definition) is 4. The molecule has 0 bridgehead atoms. The van der Waals surface area contributed by atoms with Gasteiger partial charge in [-0.15, -0.1) is 0 Å². The number of benzene rings is 6. The zero-order chi connectivity index (χ0) is 27.6. The third-order valence-electron chi connectivity index (χ3n) is 7.97. The van der Waals surface area contributed by atoms with Gasteiger partial charge in [0.25, 0.3) is 0 Å². The van der Waals surface area contributed by atoms with Crippen molar-refractivity contribution in [3.8, 4) is 0 Å². The van der Waals surface area contributed by atoms with Crippen LogP contribution in [0.2, 0.25) is 0 Å². The molecule has 0 atom stereocenters. The van der Waals surface area contributed by atoms with Crippen LogP contribution in [0.4, 0.5) is 0 Å². The van der Waals surface area contributed by atoms with E-state index in [0.29, 0.717) is 11.3 Å². The summed E-state index contributed by atoms with van der Waals surface area (Å²) in [6.07, 6.45) is 0. The van der Waals surface area contributed by atoms with Crippen molar-refractivity contribution in [2.45, 2.75) is 0 Å². The Kier molecular flexibility index (Phi) is 4.80. The van der Waals surface area contributed by atoms with E-state index >= 15 is 0 Å². The second-order valence-electron chi connectivity index (χ2n) is 10.5. The molecule has 0 aliphatic heterocycles. The average Bonchev–Trinajstić information content (AvgIpc) is 3.54. The molecule has 3 heterocycles. The maximum Gasteiger partial charge on any atom is 0.157 e. The van der Waals surface area contributed by atoms with Crippen LogP contribution in [0.1, 0.15) is 0 Å². The largest absolute Gasteiger partial charge is 0.338 e. The molecule has 0 amide bonds. The molecule has 6 nitrogen and oxygen atoms in total. The molecule has 0 aliphatic carbocycles. The molecular weight excluding hydrogens is 516 g/mol. The van der Waals surface area contributed by atoms with Crippen LogP contribution in [-0.4, -0.2) is 29.9 Å². The molecule has 3 aromatic heterocycles. The Labute approximate surface area is 238 Å². The monoisotopic (exact) mass is 538 g/mol. The molecule has 6 heteroatoms. The van der Waals surface area contributed by atoms with Crippen molar-refractivity contribution < 1.29 is 0 Å². The topological polar surface area (TPSA) is 83.1 Å². The Morgan fingerprint density at radius 2 is 0.738 bits per heavy atom. The fourth-order valence-electron chi connectivity index (χ4n) is 6.07. The SMILES string of the molecule is c1cc2cccc3nc4[nH]c5ccccc5c4nc4cccc5cccc(nc6c(nc(c1)c23)[nH]c1ccccc16)c54. The number of H-pyrrole nitrogens is 2. The Bertz CT molecular complexity index is 2470. The lowest BCUT2D eigenvalue weighted by Gasteiger charge is -2.02. The second kappa shape index (κ2) is 8.81. The lowest BCUT2D eigenvalue weighted by Crippen LogP contribution is -1.86. The molecule has 9 rings (SSSR count). The van der Waals surface area contributed by atoms with Gasteiger partial charge in [-0.2, -0.15) is 0 Å². The van der Waals surface area contributed by atoms with E-state index in [1.807, 2.05) is 60.7 Å². The van der Waals surface area contributed by atoms with Crippen LogP contribution in [0.25, 0.3) is 87.7 Å². The molecule has 0 saturated heterocycles. The molecule has 196 valence electrons.